The van der Waals surface area contributed by atoms with Gasteiger partial charge in [0, 0.05) is 54.1 Å². The second-order valence-corrected chi connectivity index (χ2v) is 16.0. The number of likely N-dealkylation sites (tertiary alicyclic amines) is 1. The summed E-state index contributed by atoms with van der Waals surface area (Å²) in [5.41, 5.74) is 2.47. The number of morpholine rings is 1. The van der Waals surface area contributed by atoms with Gasteiger partial charge in [0.25, 0.3) is 5.91 Å². The minimum atomic E-state index is -5.08. The Morgan fingerprint density at radius 2 is 1.59 bits per heavy atom. The predicted molar refractivity (Wildman–Crippen MR) is 210 cm³/mol. The molecular weight excluding hydrogens is 866 g/mol. The number of nitrogens with zero attached hydrogens (tertiary/aromatic N) is 2. The van der Waals surface area contributed by atoms with Crippen molar-refractivity contribution in [2.45, 2.75) is 49.9 Å². The molecule has 2 aromatic heterocycles. The van der Waals surface area contributed by atoms with E-state index in [9.17, 15) is 46.1 Å². The maximum atomic E-state index is 15.6. The Morgan fingerprint density at radius 3 is 2.25 bits per heavy atom. The van der Waals surface area contributed by atoms with Gasteiger partial charge in [-0.3, -0.25) is 14.5 Å². The number of thiophene rings is 1. The highest BCUT2D eigenvalue weighted by atomic mass is 32.1. The average molecular weight is 905 g/mol. The van der Waals surface area contributed by atoms with Gasteiger partial charge < -0.3 is 40.4 Å². The van der Waals surface area contributed by atoms with Gasteiger partial charge in [-0.05, 0) is 72.5 Å². The summed E-state index contributed by atoms with van der Waals surface area (Å²) >= 11 is 2.62. The highest BCUT2D eigenvalue weighted by Crippen LogP contribution is 2.33. The van der Waals surface area contributed by atoms with Crippen molar-refractivity contribution in [2.24, 2.45) is 0 Å². The van der Waals surface area contributed by atoms with E-state index in [1.807, 2.05) is 46.7 Å². The summed E-state index contributed by atoms with van der Waals surface area (Å²) < 4.78 is 87.1. The zero-order valence-corrected chi connectivity index (χ0v) is 33.4. The van der Waals surface area contributed by atoms with Gasteiger partial charge in [-0.2, -0.15) is 26.3 Å². The second-order valence-electron chi connectivity index (χ2n) is 14.1. The fraction of sp³-hybridized carbons (Fsp3) is 0.385. The summed E-state index contributed by atoms with van der Waals surface area (Å²) in [6, 6.07) is 16.5. The molecule has 61 heavy (non-hydrogen) atoms. The molecule has 1 spiro atoms. The summed E-state index contributed by atoms with van der Waals surface area (Å²) in [6.45, 7) is 4.35. The number of alkyl halides is 6. The van der Waals surface area contributed by atoms with Crippen LogP contribution in [0, 0.1) is 5.82 Å². The van der Waals surface area contributed by atoms with Gasteiger partial charge >= 0.3 is 29.2 Å². The maximum Gasteiger partial charge on any atom is 0.490 e. The molecule has 0 aliphatic carbocycles. The lowest BCUT2D eigenvalue weighted by Gasteiger charge is -2.47. The molecule has 0 radical (unpaired) electrons. The van der Waals surface area contributed by atoms with E-state index in [0.717, 1.165) is 42.7 Å². The van der Waals surface area contributed by atoms with E-state index in [1.165, 1.54) is 10.8 Å². The lowest BCUT2D eigenvalue weighted by molar-refractivity contribution is -0.193. The minimum absolute atomic E-state index is 0.0363. The molecule has 0 unspecified atom stereocenters. The van der Waals surface area contributed by atoms with Gasteiger partial charge in [0.2, 0.25) is 0 Å². The number of carbonyl (C=O) groups is 3. The van der Waals surface area contributed by atoms with Crippen molar-refractivity contribution >= 4 is 60.8 Å². The Balaban J connectivity index is 0.000000434. The molecule has 6 N–H and O–H groups in total. The Labute approximate surface area is 349 Å². The van der Waals surface area contributed by atoms with E-state index in [-0.39, 0.29) is 34.5 Å². The number of piperidine rings is 1. The number of phenolic OH excluding ortho intramolecular Hbond substituents is 1. The van der Waals surface area contributed by atoms with Crippen molar-refractivity contribution in [3.8, 4) is 5.75 Å². The van der Waals surface area contributed by atoms with Gasteiger partial charge in [0.05, 0.1) is 29.6 Å². The normalized spacial score (nSPS) is 16.1. The molecule has 22 heteroatoms. The molecule has 2 saturated heterocycles. The number of carbonyl (C=O) groups excluding carboxylic acids is 1. The number of carboxylic acid groups (broad SMARTS) is 2. The number of aromatic nitrogens is 1. The number of H-pyrrole nitrogens is 1. The second kappa shape index (κ2) is 19.7. The lowest BCUT2D eigenvalue weighted by Crippen LogP contribution is -2.57. The SMILES string of the molecule is O=C(O)C(F)(F)F.O=C(O)C(F)(F)F.O=C(c1ccc2sccc2c1)N1CCOC2(CCN(Cc3cccc(CCNC[C@H](O)c4ccc(O)c5[nH]c(=O)sc45)c3F)CC2)C1. The summed E-state index contributed by atoms with van der Waals surface area (Å²) in [5.74, 6) is -5.71. The molecule has 3 aromatic carbocycles. The van der Waals surface area contributed by atoms with Crippen LogP contribution in [0.5, 0.6) is 5.75 Å². The molecule has 5 aromatic rings. The molecule has 2 aliphatic heterocycles. The monoisotopic (exact) mass is 904 g/mol. The first-order chi connectivity index (χ1) is 28.7. The van der Waals surface area contributed by atoms with Gasteiger partial charge in [-0.1, -0.05) is 35.6 Å². The number of aliphatic hydroxyl groups is 1. The van der Waals surface area contributed by atoms with Crippen molar-refractivity contribution in [1.82, 2.24) is 20.1 Å². The Kier molecular flexibility index (Phi) is 15.2. The summed E-state index contributed by atoms with van der Waals surface area (Å²) in [5, 5.41) is 41.3. The zero-order chi connectivity index (χ0) is 44.7. The highest BCUT2D eigenvalue weighted by Gasteiger charge is 2.42. The molecule has 4 heterocycles. The van der Waals surface area contributed by atoms with Crippen molar-refractivity contribution in [1.29, 1.82) is 0 Å². The van der Waals surface area contributed by atoms with Crippen LogP contribution >= 0.6 is 22.7 Å². The molecule has 330 valence electrons. The number of phenols is 1. The standard InChI is InChI=1S/C35H37FN4O5S2.2C2HF3O2/c36-30-22(8-12-37-19-28(42)26-5-6-27(41)31-32(26)47-34(44)38-31)2-1-3-25(30)20-39-13-10-35(11-14-39)21-40(15-16-45-35)33(43)24-4-7-29-23(18-24)9-17-46-29;2*3-2(4,5)1(6)7/h1-7,9,17-18,28,37,41-42H,8,10-16,19-21H2,(H,38,44);2*(H,6,7)/t28-;;/m0../s1. The van der Waals surface area contributed by atoms with Gasteiger partial charge in [0.1, 0.15) is 17.1 Å². The zero-order valence-electron chi connectivity index (χ0n) is 31.8. The van der Waals surface area contributed by atoms with Gasteiger partial charge in [-0.25, -0.2) is 14.0 Å². The molecule has 2 aliphatic rings. The molecule has 2 fully saturated rings. The van der Waals surface area contributed by atoms with Crippen molar-refractivity contribution in [3.05, 3.63) is 97.7 Å². The number of aromatic hydroxyl groups is 1. The number of aliphatic carboxylic acids is 2. The number of benzene rings is 3. The van der Waals surface area contributed by atoms with E-state index in [0.29, 0.717) is 71.7 Å². The van der Waals surface area contributed by atoms with Crippen molar-refractivity contribution in [3.63, 3.8) is 0 Å². The number of carboxylic acids is 2. The Bertz CT molecular complexity index is 2370. The highest BCUT2D eigenvalue weighted by molar-refractivity contribution is 7.17. The van der Waals surface area contributed by atoms with Crippen LogP contribution in [-0.2, 0) is 27.3 Å². The summed E-state index contributed by atoms with van der Waals surface area (Å²) in [6.07, 6.45) is -9.05. The molecule has 7 rings (SSSR count). The minimum Gasteiger partial charge on any atom is -0.506 e. The fourth-order valence-electron chi connectivity index (χ4n) is 6.78. The Hall–Kier alpha value is -5.13. The lowest BCUT2D eigenvalue weighted by atomic mass is 9.88. The third kappa shape index (κ3) is 12.3. The van der Waals surface area contributed by atoms with E-state index in [1.54, 1.807) is 23.5 Å². The van der Waals surface area contributed by atoms with E-state index in [2.05, 4.69) is 15.2 Å². The first kappa shape index (κ1) is 46.9. The van der Waals surface area contributed by atoms with Crippen LogP contribution in [0.1, 0.15) is 46.0 Å². The third-order valence-corrected chi connectivity index (χ3v) is 11.7. The number of ether oxygens (including phenoxy) is 1. The largest absolute Gasteiger partial charge is 0.506 e. The quantitative estimate of drug-likeness (QED) is 0.0720. The number of thiazole rings is 1. The first-order valence-corrected chi connectivity index (χ1v) is 20.1. The summed E-state index contributed by atoms with van der Waals surface area (Å²) in [7, 11) is 0. The Morgan fingerprint density at radius 1 is 0.934 bits per heavy atom. The maximum absolute atomic E-state index is 15.6. The van der Waals surface area contributed by atoms with Gasteiger partial charge in [0.15, 0.2) is 0 Å². The van der Waals surface area contributed by atoms with Crippen LogP contribution in [0.15, 0.2) is 64.8 Å². The van der Waals surface area contributed by atoms with Crippen LogP contribution < -0.4 is 10.2 Å². The number of hydrogen-bond acceptors (Lipinski definition) is 11. The summed E-state index contributed by atoms with van der Waals surface area (Å²) in [4.78, 5) is 49.5. The van der Waals surface area contributed by atoms with Crippen LogP contribution in [0.3, 0.4) is 0 Å². The van der Waals surface area contributed by atoms with Crippen LogP contribution in [0.25, 0.3) is 20.3 Å². The molecule has 0 saturated carbocycles. The molecule has 13 nitrogen and oxygen atoms in total. The molecule has 0 bridgehead atoms. The van der Waals surface area contributed by atoms with Crippen LogP contribution in [0.4, 0.5) is 30.7 Å². The predicted octanol–water partition coefficient (Wildman–Crippen LogP) is 6.29. The van der Waals surface area contributed by atoms with E-state index < -0.39 is 30.4 Å². The van der Waals surface area contributed by atoms with Crippen LogP contribution in [0.2, 0.25) is 0 Å². The van der Waals surface area contributed by atoms with E-state index in [4.69, 9.17) is 24.5 Å². The van der Waals surface area contributed by atoms with Crippen LogP contribution in [-0.4, -0.2) is 117 Å². The number of halogens is 7. The smallest absolute Gasteiger partial charge is 0.490 e. The van der Waals surface area contributed by atoms with Crippen molar-refractivity contribution < 1.29 is 70.3 Å². The number of hydrogen-bond donors (Lipinski definition) is 6. The number of rotatable bonds is 9. The third-order valence-electron chi connectivity index (χ3n) is 9.90. The number of fused-ring (bicyclic) bond motifs is 2. The molecule has 1 amide bonds. The number of aromatic amines is 1. The number of nitrogens with one attached hydrogen (secondary N) is 2. The van der Waals surface area contributed by atoms with Crippen molar-refractivity contribution in [2.75, 3.05) is 45.9 Å². The average Bonchev–Trinajstić information content (AvgIpc) is 3.85. The number of amides is 1. The number of aliphatic hydroxyl groups excluding tert-OH is 1. The molecule has 1 atom stereocenters. The fourth-order valence-corrected chi connectivity index (χ4v) is 8.47. The van der Waals surface area contributed by atoms with Gasteiger partial charge in [-0.15, -0.1) is 11.3 Å². The first-order valence-electron chi connectivity index (χ1n) is 18.4. The topological polar surface area (TPSA) is 193 Å². The molecular formula is C39H39F7N4O9S2. The van der Waals surface area contributed by atoms with E-state index >= 15 is 4.39 Å².